The molecule has 1 aliphatic rings. The molecular formula is C21H29N5O. The van der Waals surface area contributed by atoms with Gasteiger partial charge in [0.1, 0.15) is 5.82 Å². The molecule has 2 aromatic heterocycles. The van der Waals surface area contributed by atoms with Crippen LogP contribution < -0.4 is 4.90 Å². The number of pyridine rings is 2. The Labute approximate surface area is 161 Å². The predicted molar refractivity (Wildman–Crippen MR) is 108 cm³/mol. The van der Waals surface area contributed by atoms with Crippen LogP contribution in [-0.4, -0.2) is 65.9 Å². The molecule has 0 fully saturated rings. The fourth-order valence-corrected chi connectivity index (χ4v) is 3.36. The normalized spacial score (nSPS) is 17.6. The number of likely N-dealkylation sites (N-methyl/N-ethyl adjacent to an activating group) is 1. The van der Waals surface area contributed by atoms with E-state index in [1.54, 1.807) is 6.20 Å². The first kappa shape index (κ1) is 19.3. The van der Waals surface area contributed by atoms with Gasteiger partial charge >= 0.3 is 0 Å². The van der Waals surface area contributed by atoms with Crippen molar-refractivity contribution in [2.75, 3.05) is 45.2 Å². The number of nitrogens with zero attached hydrogens (tertiary/aromatic N) is 5. The monoisotopic (exact) mass is 367 g/mol. The zero-order valence-electron chi connectivity index (χ0n) is 16.3. The molecule has 1 amide bonds. The Morgan fingerprint density at radius 2 is 1.85 bits per heavy atom. The smallest absolute Gasteiger partial charge is 0.236 e. The maximum Gasteiger partial charge on any atom is 0.236 e. The SMILES string of the molecule is CN1CCCN(C)c2cccc(n2)CCCN(Cc2cccnc2)CC1=O. The van der Waals surface area contributed by atoms with Gasteiger partial charge in [0.2, 0.25) is 5.91 Å². The Bertz CT molecular complexity index is 736. The van der Waals surface area contributed by atoms with Gasteiger partial charge in [0.15, 0.2) is 0 Å². The van der Waals surface area contributed by atoms with Gasteiger partial charge in [0.25, 0.3) is 0 Å². The number of aromatic nitrogens is 2. The Balaban J connectivity index is 1.74. The first-order chi connectivity index (χ1) is 13.1. The first-order valence-electron chi connectivity index (χ1n) is 9.64. The van der Waals surface area contributed by atoms with Gasteiger partial charge in [-0.1, -0.05) is 12.1 Å². The number of hydrogen-bond acceptors (Lipinski definition) is 5. The summed E-state index contributed by atoms with van der Waals surface area (Å²) in [5.41, 5.74) is 2.25. The van der Waals surface area contributed by atoms with Crippen molar-refractivity contribution in [3.63, 3.8) is 0 Å². The van der Waals surface area contributed by atoms with Gasteiger partial charge in [-0.2, -0.15) is 0 Å². The standard InChI is InChI=1S/C21H29N5O/c1-24-12-6-13-25(2)21(27)17-26(16-18-7-4-11-22-15-18)14-5-9-19-8-3-10-20(24)23-19/h3-4,7-8,10-11,15H,5-6,9,12-14,16-17H2,1-2H3. The first-order valence-corrected chi connectivity index (χ1v) is 9.64. The average molecular weight is 367 g/mol. The molecule has 0 saturated carbocycles. The Morgan fingerprint density at radius 3 is 2.67 bits per heavy atom. The number of aryl methyl sites for hydroxylation is 1. The maximum atomic E-state index is 12.7. The van der Waals surface area contributed by atoms with Gasteiger partial charge in [0, 0.05) is 51.8 Å². The van der Waals surface area contributed by atoms with Gasteiger partial charge in [0.05, 0.1) is 6.54 Å². The van der Waals surface area contributed by atoms with E-state index in [0.29, 0.717) is 6.54 Å². The highest BCUT2D eigenvalue weighted by Gasteiger charge is 2.16. The van der Waals surface area contributed by atoms with Gasteiger partial charge in [-0.15, -0.1) is 0 Å². The van der Waals surface area contributed by atoms with Crippen molar-refractivity contribution in [3.8, 4) is 0 Å². The molecule has 0 saturated heterocycles. The van der Waals surface area contributed by atoms with Gasteiger partial charge in [-0.3, -0.25) is 14.7 Å². The van der Waals surface area contributed by atoms with E-state index in [9.17, 15) is 4.79 Å². The van der Waals surface area contributed by atoms with E-state index in [4.69, 9.17) is 4.98 Å². The van der Waals surface area contributed by atoms with Crippen LogP contribution in [0.1, 0.15) is 24.1 Å². The summed E-state index contributed by atoms with van der Waals surface area (Å²) in [5, 5.41) is 0. The minimum absolute atomic E-state index is 0.176. The molecule has 144 valence electrons. The van der Waals surface area contributed by atoms with Crippen LogP contribution in [0.15, 0.2) is 42.7 Å². The second-order valence-corrected chi connectivity index (χ2v) is 7.25. The van der Waals surface area contributed by atoms with E-state index in [0.717, 1.165) is 62.5 Å². The highest BCUT2D eigenvalue weighted by molar-refractivity contribution is 5.78. The fourth-order valence-electron chi connectivity index (χ4n) is 3.36. The molecule has 0 unspecified atom stereocenters. The van der Waals surface area contributed by atoms with Crippen molar-refractivity contribution in [2.24, 2.45) is 0 Å². The minimum Gasteiger partial charge on any atom is -0.360 e. The van der Waals surface area contributed by atoms with E-state index >= 15 is 0 Å². The van der Waals surface area contributed by atoms with E-state index in [2.05, 4.69) is 46.1 Å². The molecule has 0 aromatic carbocycles. The van der Waals surface area contributed by atoms with Crippen molar-refractivity contribution >= 4 is 11.7 Å². The zero-order valence-corrected chi connectivity index (χ0v) is 16.3. The van der Waals surface area contributed by atoms with E-state index < -0.39 is 0 Å². The summed E-state index contributed by atoms with van der Waals surface area (Å²) < 4.78 is 0. The third-order valence-corrected chi connectivity index (χ3v) is 4.99. The Hall–Kier alpha value is -2.47. The molecule has 2 aromatic rings. The summed E-state index contributed by atoms with van der Waals surface area (Å²) in [6.45, 7) is 3.67. The summed E-state index contributed by atoms with van der Waals surface area (Å²) in [4.78, 5) is 27.9. The topological polar surface area (TPSA) is 52.6 Å². The lowest BCUT2D eigenvalue weighted by molar-refractivity contribution is -0.131. The summed E-state index contributed by atoms with van der Waals surface area (Å²) in [6.07, 6.45) is 6.46. The van der Waals surface area contributed by atoms with Crippen LogP contribution in [0.3, 0.4) is 0 Å². The lowest BCUT2D eigenvalue weighted by Gasteiger charge is -2.27. The van der Waals surface area contributed by atoms with Crippen molar-refractivity contribution < 1.29 is 4.79 Å². The molecule has 0 aliphatic carbocycles. The van der Waals surface area contributed by atoms with Crippen molar-refractivity contribution in [2.45, 2.75) is 25.8 Å². The van der Waals surface area contributed by atoms with Crippen molar-refractivity contribution in [3.05, 3.63) is 54.0 Å². The summed E-state index contributed by atoms with van der Waals surface area (Å²) >= 11 is 0. The van der Waals surface area contributed by atoms with Crippen LogP contribution in [0.5, 0.6) is 0 Å². The highest BCUT2D eigenvalue weighted by atomic mass is 16.2. The van der Waals surface area contributed by atoms with Crippen LogP contribution in [-0.2, 0) is 17.8 Å². The number of fused-ring (bicyclic) bond motifs is 2. The van der Waals surface area contributed by atoms with Crippen LogP contribution >= 0.6 is 0 Å². The second-order valence-electron chi connectivity index (χ2n) is 7.25. The molecule has 0 spiro atoms. The third-order valence-electron chi connectivity index (χ3n) is 4.99. The Kier molecular flexibility index (Phi) is 6.76. The maximum absolute atomic E-state index is 12.7. The number of hydrogen-bond donors (Lipinski definition) is 0. The molecule has 6 nitrogen and oxygen atoms in total. The lowest BCUT2D eigenvalue weighted by atomic mass is 10.2. The molecule has 27 heavy (non-hydrogen) atoms. The summed E-state index contributed by atoms with van der Waals surface area (Å²) in [5.74, 6) is 1.18. The molecule has 0 N–H and O–H groups in total. The lowest BCUT2D eigenvalue weighted by Crippen LogP contribution is -2.40. The minimum atomic E-state index is 0.176. The molecular weight excluding hydrogens is 338 g/mol. The van der Waals surface area contributed by atoms with Gasteiger partial charge in [-0.25, -0.2) is 4.98 Å². The van der Waals surface area contributed by atoms with Crippen molar-refractivity contribution in [1.29, 1.82) is 0 Å². The second kappa shape index (κ2) is 9.46. The molecule has 6 heteroatoms. The fraction of sp³-hybridized carbons (Fsp3) is 0.476. The zero-order chi connectivity index (χ0) is 19.1. The Morgan fingerprint density at radius 1 is 1.00 bits per heavy atom. The molecule has 3 heterocycles. The van der Waals surface area contributed by atoms with Crippen LogP contribution in [0.4, 0.5) is 5.82 Å². The molecule has 1 aliphatic heterocycles. The van der Waals surface area contributed by atoms with E-state index in [-0.39, 0.29) is 5.91 Å². The number of rotatable bonds is 2. The number of anilines is 1. The number of amides is 1. The predicted octanol–water partition coefficient (Wildman–Crippen LogP) is 2.21. The number of carbonyl (C=O) groups is 1. The van der Waals surface area contributed by atoms with E-state index in [1.807, 2.05) is 24.2 Å². The van der Waals surface area contributed by atoms with Crippen LogP contribution in [0.2, 0.25) is 0 Å². The third kappa shape index (κ3) is 5.76. The highest BCUT2D eigenvalue weighted by Crippen LogP contribution is 2.13. The number of carbonyl (C=O) groups excluding carboxylic acids is 1. The summed E-state index contributed by atoms with van der Waals surface area (Å²) in [6, 6.07) is 10.2. The largest absolute Gasteiger partial charge is 0.360 e. The van der Waals surface area contributed by atoms with Crippen molar-refractivity contribution in [1.82, 2.24) is 19.8 Å². The average Bonchev–Trinajstić information content (AvgIpc) is 2.68. The van der Waals surface area contributed by atoms with Gasteiger partial charge in [-0.05, 0) is 49.6 Å². The van der Waals surface area contributed by atoms with E-state index in [1.165, 1.54) is 0 Å². The summed E-state index contributed by atoms with van der Waals surface area (Å²) in [7, 11) is 3.96. The molecule has 3 rings (SSSR count). The van der Waals surface area contributed by atoms with Crippen LogP contribution in [0, 0.1) is 0 Å². The molecule has 0 radical (unpaired) electrons. The quantitative estimate of drug-likeness (QED) is 0.815. The van der Waals surface area contributed by atoms with Crippen LogP contribution in [0.25, 0.3) is 0 Å². The molecule has 2 bridgehead atoms. The van der Waals surface area contributed by atoms with Gasteiger partial charge < -0.3 is 9.80 Å². The molecule has 0 atom stereocenters.